The summed E-state index contributed by atoms with van der Waals surface area (Å²) < 4.78 is 10.2. The Labute approximate surface area is 220 Å². The van der Waals surface area contributed by atoms with Gasteiger partial charge in [0.2, 0.25) is 0 Å². The van der Waals surface area contributed by atoms with Crippen molar-refractivity contribution in [3.63, 3.8) is 0 Å². The number of rotatable bonds is 27. The molecule has 2 heterocycles. The van der Waals surface area contributed by atoms with Gasteiger partial charge in [0.1, 0.15) is 0 Å². The lowest BCUT2D eigenvalue weighted by atomic mass is 10.1. The highest BCUT2D eigenvalue weighted by Crippen LogP contribution is 2.05. The van der Waals surface area contributed by atoms with E-state index >= 15 is 0 Å². The molecule has 0 saturated carbocycles. The van der Waals surface area contributed by atoms with Crippen LogP contribution in [0.3, 0.4) is 0 Å². The van der Waals surface area contributed by atoms with Crippen LogP contribution >= 0.6 is 0 Å². The third-order valence-electron chi connectivity index (χ3n) is 6.69. The van der Waals surface area contributed by atoms with E-state index in [1.165, 1.54) is 127 Å². The monoisotopic (exact) mass is 502 g/mol. The van der Waals surface area contributed by atoms with Gasteiger partial charge in [-0.15, -0.1) is 0 Å². The van der Waals surface area contributed by atoms with Crippen molar-refractivity contribution in [2.24, 2.45) is 0 Å². The summed E-state index contributed by atoms with van der Waals surface area (Å²) in [6.07, 6.45) is 25.7. The van der Waals surface area contributed by atoms with Gasteiger partial charge in [-0.3, -0.25) is 0 Å². The molecule has 0 bridgehead atoms. The van der Waals surface area contributed by atoms with Crippen molar-refractivity contribution in [1.29, 1.82) is 0 Å². The molecule has 0 aliphatic rings. The Balaban J connectivity index is 1.15. The van der Waals surface area contributed by atoms with Gasteiger partial charge in [0.25, 0.3) is 0 Å². The van der Waals surface area contributed by atoms with Gasteiger partial charge >= 0.3 is 0 Å². The minimum atomic E-state index is 0.919. The fraction of sp³-hybridized carbons (Fsp3) is 0.733. The largest absolute Gasteiger partial charge is 0.472 e. The standard InChI is InChI=1S/C30H54N4O2/c1(3-9-17-31-19-11-5-7-13-21-33-25-29-15-23-35-27-29)2-4-10-18-32-20-12-6-8-14-22-34-26-30-16-24-36-28-30/h15-16,23-24,27-28,31-34H,1-14,17-22,25-26H2. The molecule has 0 unspecified atom stereocenters. The molecule has 0 saturated heterocycles. The summed E-state index contributed by atoms with van der Waals surface area (Å²) in [4.78, 5) is 0. The van der Waals surface area contributed by atoms with Crippen LogP contribution < -0.4 is 21.3 Å². The van der Waals surface area contributed by atoms with Crippen LogP contribution in [0.5, 0.6) is 0 Å². The maximum atomic E-state index is 5.08. The van der Waals surface area contributed by atoms with Gasteiger partial charge in [-0.25, -0.2) is 0 Å². The second kappa shape index (κ2) is 23.8. The molecule has 36 heavy (non-hydrogen) atoms. The molecule has 2 aromatic heterocycles. The average Bonchev–Trinajstić information content (AvgIpc) is 3.61. The Bertz CT molecular complexity index is 602. The topological polar surface area (TPSA) is 74.4 Å². The normalized spacial score (nSPS) is 11.4. The number of unbranched alkanes of at least 4 members (excludes halogenated alkanes) is 11. The first-order chi connectivity index (χ1) is 17.9. The summed E-state index contributed by atoms with van der Waals surface area (Å²) >= 11 is 0. The van der Waals surface area contributed by atoms with Gasteiger partial charge in [-0.2, -0.15) is 0 Å². The van der Waals surface area contributed by atoms with E-state index in [1.54, 1.807) is 12.5 Å². The fourth-order valence-corrected chi connectivity index (χ4v) is 4.42. The van der Waals surface area contributed by atoms with Gasteiger partial charge < -0.3 is 30.1 Å². The van der Waals surface area contributed by atoms with Crippen molar-refractivity contribution >= 4 is 0 Å². The summed E-state index contributed by atoms with van der Waals surface area (Å²) in [5, 5.41) is 14.2. The molecule has 6 nitrogen and oxygen atoms in total. The van der Waals surface area contributed by atoms with Crippen LogP contribution in [0, 0.1) is 0 Å². The minimum Gasteiger partial charge on any atom is -0.472 e. The molecule has 0 spiro atoms. The van der Waals surface area contributed by atoms with Crippen molar-refractivity contribution in [3.05, 3.63) is 48.3 Å². The maximum Gasteiger partial charge on any atom is 0.0947 e. The van der Waals surface area contributed by atoms with E-state index in [9.17, 15) is 0 Å². The average molecular weight is 503 g/mol. The summed E-state index contributed by atoms with van der Waals surface area (Å²) in [5.74, 6) is 0. The zero-order chi connectivity index (χ0) is 25.2. The van der Waals surface area contributed by atoms with Crippen LogP contribution in [-0.2, 0) is 13.1 Å². The Kier molecular flexibility index (Phi) is 20.2. The van der Waals surface area contributed by atoms with Crippen molar-refractivity contribution in [3.8, 4) is 0 Å². The van der Waals surface area contributed by atoms with Gasteiger partial charge in [-0.1, -0.05) is 51.4 Å². The molecule has 0 aliphatic heterocycles. The summed E-state index contributed by atoms with van der Waals surface area (Å²) in [7, 11) is 0. The molecule has 0 atom stereocenters. The third-order valence-corrected chi connectivity index (χ3v) is 6.69. The minimum absolute atomic E-state index is 0.919. The molecular weight excluding hydrogens is 448 g/mol. The van der Waals surface area contributed by atoms with Crippen LogP contribution in [-0.4, -0.2) is 39.3 Å². The molecule has 6 heteroatoms. The van der Waals surface area contributed by atoms with Crippen molar-refractivity contribution < 1.29 is 8.83 Å². The first-order valence-corrected chi connectivity index (χ1v) is 14.8. The van der Waals surface area contributed by atoms with E-state index in [4.69, 9.17) is 8.83 Å². The molecular formula is C30H54N4O2. The van der Waals surface area contributed by atoms with E-state index in [1.807, 2.05) is 24.7 Å². The second-order valence-corrected chi connectivity index (χ2v) is 10.1. The highest BCUT2D eigenvalue weighted by atomic mass is 16.3. The van der Waals surface area contributed by atoms with E-state index in [2.05, 4.69) is 21.3 Å². The Morgan fingerprint density at radius 2 is 0.694 bits per heavy atom. The molecule has 0 aromatic carbocycles. The van der Waals surface area contributed by atoms with E-state index < -0.39 is 0 Å². The summed E-state index contributed by atoms with van der Waals surface area (Å²) in [5.41, 5.74) is 2.46. The van der Waals surface area contributed by atoms with Crippen LogP contribution in [0.4, 0.5) is 0 Å². The highest BCUT2D eigenvalue weighted by Gasteiger charge is 1.97. The summed E-state index contributed by atoms with van der Waals surface area (Å²) in [6, 6.07) is 4.04. The SMILES string of the molecule is c1cc(CNCCCCCCNCCCCCCCCNCCCCCCNCc2ccoc2)co1. The molecule has 0 aliphatic carbocycles. The smallest absolute Gasteiger partial charge is 0.0947 e. The Hall–Kier alpha value is -1.60. The molecule has 0 radical (unpaired) electrons. The number of nitrogens with one attached hydrogen (secondary N) is 4. The molecule has 2 rings (SSSR count). The molecule has 0 fully saturated rings. The predicted molar refractivity (Wildman–Crippen MR) is 151 cm³/mol. The van der Waals surface area contributed by atoms with Crippen LogP contribution in [0.2, 0.25) is 0 Å². The Morgan fingerprint density at radius 1 is 0.389 bits per heavy atom. The summed E-state index contributed by atoms with van der Waals surface area (Å²) in [6.45, 7) is 8.77. The van der Waals surface area contributed by atoms with Gasteiger partial charge in [0.15, 0.2) is 0 Å². The van der Waals surface area contributed by atoms with Crippen LogP contribution in [0.25, 0.3) is 0 Å². The van der Waals surface area contributed by atoms with Crippen LogP contribution in [0.15, 0.2) is 46.0 Å². The first kappa shape index (κ1) is 30.6. The molecule has 4 N–H and O–H groups in total. The number of hydrogen-bond donors (Lipinski definition) is 4. The van der Waals surface area contributed by atoms with Crippen molar-refractivity contribution in [2.75, 3.05) is 39.3 Å². The molecule has 206 valence electrons. The van der Waals surface area contributed by atoms with Crippen molar-refractivity contribution in [1.82, 2.24) is 21.3 Å². The van der Waals surface area contributed by atoms with E-state index in [0.717, 1.165) is 26.2 Å². The third kappa shape index (κ3) is 18.6. The maximum absolute atomic E-state index is 5.08. The predicted octanol–water partition coefficient (Wildman–Crippen LogP) is 6.39. The first-order valence-electron chi connectivity index (χ1n) is 14.8. The highest BCUT2D eigenvalue weighted by molar-refractivity contribution is 5.04. The lowest BCUT2D eigenvalue weighted by molar-refractivity contribution is 0.525. The van der Waals surface area contributed by atoms with E-state index in [0.29, 0.717) is 0 Å². The lowest BCUT2D eigenvalue weighted by Gasteiger charge is -2.07. The zero-order valence-electron chi connectivity index (χ0n) is 22.8. The second-order valence-electron chi connectivity index (χ2n) is 10.1. The Morgan fingerprint density at radius 3 is 1.00 bits per heavy atom. The van der Waals surface area contributed by atoms with Crippen molar-refractivity contribution in [2.45, 2.75) is 103 Å². The molecule has 2 aromatic rings. The lowest BCUT2D eigenvalue weighted by Crippen LogP contribution is -2.17. The van der Waals surface area contributed by atoms with Gasteiger partial charge in [0, 0.05) is 24.2 Å². The van der Waals surface area contributed by atoms with Crippen LogP contribution in [0.1, 0.15) is 101 Å². The van der Waals surface area contributed by atoms with Gasteiger partial charge in [-0.05, 0) is 89.9 Å². The fourth-order valence-electron chi connectivity index (χ4n) is 4.42. The molecule has 0 amide bonds. The number of hydrogen-bond acceptors (Lipinski definition) is 6. The number of furan rings is 2. The quantitative estimate of drug-likeness (QED) is 0.106. The van der Waals surface area contributed by atoms with E-state index in [-0.39, 0.29) is 0 Å². The van der Waals surface area contributed by atoms with Gasteiger partial charge in [0.05, 0.1) is 25.1 Å². The zero-order valence-corrected chi connectivity index (χ0v) is 22.8.